The van der Waals surface area contributed by atoms with Crippen LogP contribution in [0.1, 0.15) is 52.9 Å². The zero-order chi connectivity index (χ0) is 12.2. The van der Waals surface area contributed by atoms with Gasteiger partial charge in [0.15, 0.2) is 0 Å². The molecule has 1 fully saturated rings. The fraction of sp³-hybridized carbons (Fsp3) is 1.00. The third-order valence-electron chi connectivity index (χ3n) is 3.95. The first-order valence-electron chi connectivity index (χ1n) is 6.57. The Morgan fingerprint density at radius 1 is 1.25 bits per heavy atom. The van der Waals surface area contributed by atoms with Crippen LogP contribution in [0.3, 0.4) is 0 Å². The molecule has 0 heterocycles. The maximum absolute atomic E-state index is 10.1. The Kier molecular flexibility index (Phi) is 5.22. The Morgan fingerprint density at radius 3 is 2.50 bits per heavy atom. The largest absolute Gasteiger partial charge is 0.392 e. The average molecular weight is 229 g/mol. The van der Waals surface area contributed by atoms with Crippen molar-refractivity contribution in [2.45, 2.75) is 70.6 Å². The summed E-state index contributed by atoms with van der Waals surface area (Å²) in [6, 6.07) is 0.160. The molecule has 3 nitrogen and oxygen atoms in total. The van der Waals surface area contributed by atoms with Crippen molar-refractivity contribution < 1.29 is 10.2 Å². The van der Waals surface area contributed by atoms with Gasteiger partial charge in [-0.2, -0.15) is 0 Å². The molecule has 1 aliphatic carbocycles. The van der Waals surface area contributed by atoms with Gasteiger partial charge in [-0.1, -0.05) is 33.1 Å². The number of nitrogens with one attached hydrogen (secondary N) is 1. The fourth-order valence-corrected chi connectivity index (χ4v) is 2.07. The van der Waals surface area contributed by atoms with Gasteiger partial charge in [-0.25, -0.2) is 0 Å². The third-order valence-corrected chi connectivity index (χ3v) is 3.95. The summed E-state index contributed by atoms with van der Waals surface area (Å²) in [4.78, 5) is 0. The number of hydrogen-bond acceptors (Lipinski definition) is 3. The van der Waals surface area contributed by atoms with E-state index in [1.165, 1.54) is 12.8 Å². The first kappa shape index (κ1) is 13.9. The van der Waals surface area contributed by atoms with Crippen molar-refractivity contribution in [1.82, 2.24) is 5.32 Å². The molecule has 0 amide bonds. The molecule has 0 radical (unpaired) electrons. The minimum absolute atomic E-state index is 0.160. The molecule has 3 atom stereocenters. The van der Waals surface area contributed by atoms with Crippen LogP contribution in [-0.2, 0) is 0 Å². The van der Waals surface area contributed by atoms with Gasteiger partial charge in [0.05, 0.1) is 11.7 Å². The molecule has 3 N–H and O–H groups in total. The fourth-order valence-electron chi connectivity index (χ4n) is 2.07. The first-order valence-corrected chi connectivity index (χ1v) is 6.57. The first-order chi connectivity index (χ1) is 7.43. The van der Waals surface area contributed by atoms with E-state index < -0.39 is 5.60 Å². The highest BCUT2D eigenvalue weighted by atomic mass is 16.3. The van der Waals surface area contributed by atoms with E-state index in [9.17, 15) is 10.2 Å². The molecular weight excluding hydrogens is 202 g/mol. The lowest BCUT2D eigenvalue weighted by Gasteiger charge is -2.31. The summed E-state index contributed by atoms with van der Waals surface area (Å²) in [5, 5.41) is 23.4. The SMILES string of the molecule is CC(C)C(C)(O)CNC1CCCCCC1O. The van der Waals surface area contributed by atoms with E-state index in [1.807, 2.05) is 20.8 Å². The van der Waals surface area contributed by atoms with Crippen LogP contribution in [-0.4, -0.2) is 34.5 Å². The second-order valence-corrected chi connectivity index (χ2v) is 5.70. The highest BCUT2D eigenvalue weighted by Gasteiger charge is 2.28. The molecule has 0 aromatic heterocycles. The zero-order valence-electron chi connectivity index (χ0n) is 10.9. The summed E-state index contributed by atoms with van der Waals surface area (Å²) in [6.45, 7) is 6.45. The number of hydrogen-bond donors (Lipinski definition) is 3. The molecule has 0 spiro atoms. The molecular formula is C13H27NO2. The standard InChI is InChI=1S/C13H27NO2/c1-10(2)13(3,16)9-14-11-7-5-4-6-8-12(11)15/h10-12,14-16H,4-9H2,1-3H3. The van der Waals surface area contributed by atoms with Gasteiger partial charge >= 0.3 is 0 Å². The van der Waals surface area contributed by atoms with Crippen LogP contribution in [0.2, 0.25) is 0 Å². The molecule has 0 aromatic carbocycles. The highest BCUT2D eigenvalue weighted by molar-refractivity contribution is 4.85. The van der Waals surface area contributed by atoms with E-state index in [4.69, 9.17) is 0 Å². The smallest absolute Gasteiger partial charge is 0.0766 e. The van der Waals surface area contributed by atoms with Crippen LogP contribution >= 0.6 is 0 Å². The molecule has 0 bridgehead atoms. The molecule has 0 saturated heterocycles. The summed E-state index contributed by atoms with van der Waals surface area (Å²) in [5.41, 5.74) is -0.688. The molecule has 96 valence electrons. The van der Waals surface area contributed by atoms with E-state index in [0.29, 0.717) is 6.54 Å². The highest BCUT2D eigenvalue weighted by Crippen LogP contribution is 2.20. The van der Waals surface area contributed by atoms with Gasteiger partial charge in [0.25, 0.3) is 0 Å². The Bertz CT molecular complexity index is 204. The molecule has 3 unspecified atom stereocenters. The zero-order valence-corrected chi connectivity index (χ0v) is 10.9. The van der Waals surface area contributed by atoms with Crippen LogP contribution in [0, 0.1) is 5.92 Å². The maximum Gasteiger partial charge on any atom is 0.0766 e. The van der Waals surface area contributed by atoms with Crippen molar-refractivity contribution in [2.75, 3.05) is 6.54 Å². The van der Waals surface area contributed by atoms with E-state index in [1.54, 1.807) is 0 Å². The van der Waals surface area contributed by atoms with Gasteiger partial charge < -0.3 is 15.5 Å². The van der Waals surface area contributed by atoms with Crippen LogP contribution in [0.25, 0.3) is 0 Å². The quantitative estimate of drug-likeness (QED) is 0.643. The number of aliphatic hydroxyl groups is 2. The Labute approximate surface area is 99.3 Å². The van der Waals surface area contributed by atoms with Gasteiger partial charge in [-0.05, 0) is 25.7 Å². The predicted molar refractivity (Wildman–Crippen MR) is 66.3 cm³/mol. The summed E-state index contributed by atoms with van der Waals surface area (Å²) in [7, 11) is 0. The van der Waals surface area contributed by atoms with E-state index in [0.717, 1.165) is 19.3 Å². The van der Waals surface area contributed by atoms with Crippen molar-refractivity contribution in [3.8, 4) is 0 Å². The Balaban J connectivity index is 2.40. The predicted octanol–water partition coefficient (Wildman–Crippen LogP) is 1.68. The molecule has 3 heteroatoms. The van der Waals surface area contributed by atoms with Gasteiger partial charge in [-0.15, -0.1) is 0 Å². The van der Waals surface area contributed by atoms with Gasteiger partial charge in [0, 0.05) is 12.6 Å². The monoisotopic (exact) mass is 229 g/mol. The molecule has 16 heavy (non-hydrogen) atoms. The van der Waals surface area contributed by atoms with Crippen LogP contribution in [0.15, 0.2) is 0 Å². The summed E-state index contributed by atoms with van der Waals surface area (Å²) in [6.07, 6.45) is 5.19. The van der Waals surface area contributed by atoms with E-state index in [-0.39, 0.29) is 18.1 Å². The minimum Gasteiger partial charge on any atom is -0.392 e. The Morgan fingerprint density at radius 2 is 1.88 bits per heavy atom. The van der Waals surface area contributed by atoms with Crippen LogP contribution in [0.4, 0.5) is 0 Å². The second-order valence-electron chi connectivity index (χ2n) is 5.70. The Hall–Kier alpha value is -0.120. The van der Waals surface area contributed by atoms with Crippen molar-refractivity contribution in [1.29, 1.82) is 0 Å². The normalized spacial score (nSPS) is 31.1. The topological polar surface area (TPSA) is 52.5 Å². The number of rotatable bonds is 4. The van der Waals surface area contributed by atoms with Crippen molar-refractivity contribution in [3.63, 3.8) is 0 Å². The maximum atomic E-state index is 10.1. The van der Waals surface area contributed by atoms with Gasteiger partial charge in [-0.3, -0.25) is 0 Å². The summed E-state index contributed by atoms with van der Waals surface area (Å²) >= 11 is 0. The van der Waals surface area contributed by atoms with Crippen molar-refractivity contribution in [3.05, 3.63) is 0 Å². The van der Waals surface area contributed by atoms with Crippen LogP contribution in [0.5, 0.6) is 0 Å². The van der Waals surface area contributed by atoms with Gasteiger partial charge in [0.1, 0.15) is 0 Å². The third kappa shape index (κ3) is 4.04. The lowest BCUT2D eigenvalue weighted by Crippen LogP contribution is -2.49. The van der Waals surface area contributed by atoms with Crippen molar-refractivity contribution >= 4 is 0 Å². The lowest BCUT2D eigenvalue weighted by molar-refractivity contribution is 0.00526. The molecule has 0 aliphatic heterocycles. The van der Waals surface area contributed by atoms with Crippen LogP contribution < -0.4 is 5.32 Å². The molecule has 1 aliphatic rings. The average Bonchev–Trinajstić information content (AvgIpc) is 2.40. The van der Waals surface area contributed by atoms with E-state index in [2.05, 4.69) is 5.32 Å². The lowest BCUT2D eigenvalue weighted by atomic mass is 9.92. The van der Waals surface area contributed by atoms with Crippen molar-refractivity contribution in [2.24, 2.45) is 5.92 Å². The second kappa shape index (κ2) is 5.99. The summed E-state index contributed by atoms with van der Waals surface area (Å²) < 4.78 is 0. The number of aliphatic hydroxyl groups excluding tert-OH is 1. The van der Waals surface area contributed by atoms with Gasteiger partial charge in [0.2, 0.25) is 0 Å². The van der Waals surface area contributed by atoms with E-state index >= 15 is 0 Å². The summed E-state index contributed by atoms with van der Waals surface area (Å²) in [5.74, 6) is 0.225. The molecule has 0 aromatic rings. The molecule has 1 saturated carbocycles. The minimum atomic E-state index is -0.688. The molecule has 1 rings (SSSR count).